The molecule has 4 amide bonds. The van der Waals surface area contributed by atoms with Gasteiger partial charge in [-0.15, -0.1) is 0 Å². The Morgan fingerprint density at radius 3 is 2.49 bits per heavy atom. The molecule has 0 unspecified atom stereocenters. The molecule has 0 aromatic heterocycles. The Labute approximate surface area is 228 Å². The molecule has 1 aliphatic rings. The van der Waals surface area contributed by atoms with Crippen LogP contribution in [0.5, 0.6) is 11.5 Å². The van der Waals surface area contributed by atoms with Gasteiger partial charge in [0.15, 0.2) is 11.5 Å². The molecule has 10 heteroatoms. The summed E-state index contributed by atoms with van der Waals surface area (Å²) in [4.78, 5) is 38.9. The maximum absolute atomic E-state index is 13.1. The second-order valence-corrected chi connectivity index (χ2v) is 9.80. The highest BCUT2D eigenvalue weighted by Gasteiger charge is 2.36. The fourth-order valence-corrected chi connectivity index (χ4v) is 4.68. The average Bonchev–Trinajstić information content (AvgIpc) is 2.83. The largest absolute Gasteiger partial charge is 0.493 e. The summed E-state index contributed by atoms with van der Waals surface area (Å²) in [6.07, 6.45) is 1.41. The van der Waals surface area contributed by atoms with Crippen molar-refractivity contribution < 1.29 is 23.9 Å². The number of nitrogens with zero attached hydrogens (tertiary/aromatic N) is 1. The van der Waals surface area contributed by atoms with Crippen LogP contribution in [0, 0.1) is 3.57 Å². The Balaban J connectivity index is 1.64. The number of amides is 4. The van der Waals surface area contributed by atoms with Gasteiger partial charge in [-0.2, -0.15) is 0 Å². The third-order valence-corrected chi connectivity index (χ3v) is 6.91. The third-order valence-electron chi connectivity index (χ3n) is 5.08. The number of nitrogens with one attached hydrogen (secondary N) is 1. The SMILES string of the molecule is COc1cc(/C=C2\C(=O)NC(=O)N(c3ccc(Cl)cc3)C2=O)cc(I)c1OCc1ccccc1Br. The van der Waals surface area contributed by atoms with Crippen LogP contribution < -0.4 is 19.7 Å². The van der Waals surface area contributed by atoms with Gasteiger partial charge < -0.3 is 9.47 Å². The first kappa shape index (κ1) is 25.2. The van der Waals surface area contributed by atoms with Crippen molar-refractivity contribution in [1.82, 2.24) is 5.32 Å². The minimum Gasteiger partial charge on any atom is -0.493 e. The van der Waals surface area contributed by atoms with Gasteiger partial charge >= 0.3 is 6.03 Å². The molecule has 35 heavy (non-hydrogen) atoms. The van der Waals surface area contributed by atoms with Crippen LogP contribution in [0.15, 0.2) is 70.7 Å². The van der Waals surface area contributed by atoms with Crippen LogP contribution in [0.1, 0.15) is 11.1 Å². The van der Waals surface area contributed by atoms with Gasteiger partial charge in [-0.1, -0.05) is 45.7 Å². The molecule has 0 atom stereocenters. The first-order valence-electron chi connectivity index (χ1n) is 10.2. The summed E-state index contributed by atoms with van der Waals surface area (Å²) < 4.78 is 13.2. The highest BCUT2D eigenvalue weighted by Crippen LogP contribution is 2.36. The summed E-state index contributed by atoms with van der Waals surface area (Å²) in [5, 5.41) is 2.66. The van der Waals surface area contributed by atoms with Gasteiger partial charge in [-0.25, -0.2) is 9.69 Å². The molecule has 1 saturated heterocycles. The van der Waals surface area contributed by atoms with Crippen molar-refractivity contribution >= 4 is 79.7 Å². The lowest BCUT2D eigenvalue weighted by Gasteiger charge is -2.26. The average molecular weight is 668 g/mol. The Hall–Kier alpha value is -2.89. The number of hydrogen-bond acceptors (Lipinski definition) is 5. The molecule has 0 saturated carbocycles. The number of hydrogen-bond donors (Lipinski definition) is 1. The van der Waals surface area contributed by atoms with E-state index in [1.165, 1.54) is 25.3 Å². The number of anilines is 1. The Bertz CT molecular complexity index is 1360. The lowest BCUT2D eigenvalue weighted by atomic mass is 10.1. The molecule has 1 N–H and O–H groups in total. The van der Waals surface area contributed by atoms with Crippen molar-refractivity contribution in [1.29, 1.82) is 0 Å². The second kappa shape index (κ2) is 10.8. The van der Waals surface area contributed by atoms with E-state index < -0.39 is 17.8 Å². The number of carbonyl (C=O) groups is 3. The minimum absolute atomic E-state index is 0.195. The molecule has 0 spiro atoms. The van der Waals surface area contributed by atoms with E-state index in [1.807, 2.05) is 24.3 Å². The van der Waals surface area contributed by atoms with E-state index >= 15 is 0 Å². The number of imide groups is 2. The zero-order valence-electron chi connectivity index (χ0n) is 18.2. The van der Waals surface area contributed by atoms with Gasteiger partial charge in [0, 0.05) is 15.1 Å². The molecule has 1 fully saturated rings. The van der Waals surface area contributed by atoms with E-state index in [0.29, 0.717) is 34.4 Å². The molecular formula is C25H17BrClIN2O5. The second-order valence-electron chi connectivity index (χ2n) is 7.35. The number of urea groups is 1. The van der Waals surface area contributed by atoms with E-state index in [1.54, 1.807) is 24.3 Å². The summed E-state index contributed by atoms with van der Waals surface area (Å²) >= 11 is 11.5. The Morgan fingerprint density at radius 2 is 1.80 bits per heavy atom. The summed E-state index contributed by atoms with van der Waals surface area (Å²) in [5.74, 6) is -0.564. The smallest absolute Gasteiger partial charge is 0.335 e. The van der Waals surface area contributed by atoms with Gasteiger partial charge in [0.05, 0.1) is 16.4 Å². The standard InChI is InChI=1S/C25H17BrClIN2O5/c1-34-21-12-14(11-20(28)22(21)35-13-15-4-2-3-5-19(15)26)10-18-23(31)29-25(33)30(24(18)32)17-8-6-16(27)7-9-17/h2-12H,13H2,1H3,(H,29,31,33)/b18-10+. The normalized spacial score (nSPS) is 14.8. The highest BCUT2D eigenvalue weighted by atomic mass is 127. The van der Waals surface area contributed by atoms with E-state index in [4.69, 9.17) is 21.1 Å². The molecule has 3 aromatic carbocycles. The molecule has 1 heterocycles. The molecule has 178 valence electrons. The topological polar surface area (TPSA) is 84.9 Å². The third kappa shape index (κ3) is 5.52. The van der Waals surface area contributed by atoms with Crippen LogP contribution in [0.3, 0.4) is 0 Å². The minimum atomic E-state index is -0.831. The predicted molar refractivity (Wildman–Crippen MR) is 145 cm³/mol. The van der Waals surface area contributed by atoms with Crippen LogP contribution >= 0.6 is 50.1 Å². The van der Waals surface area contributed by atoms with Gasteiger partial charge in [0.1, 0.15) is 12.2 Å². The summed E-state index contributed by atoms with van der Waals surface area (Å²) in [6, 6.07) is 16.5. The van der Waals surface area contributed by atoms with E-state index in [9.17, 15) is 14.4 Å². The van der Waals surface area contributed by atoms with Crippen LogP contribution in [0.2, 0.25) is 5.02 Å². The van der Waals surface area contributed by atoms with Crippen molar-refractivity contribution in [3.8, 4) is 11.5 Å². The Kier molecular flexibility index (Phi) is 7.78. The van der Waals surface area contributed by atoms with E-state index in [2.05, 4.69) is 43.8 Å². The van der Waals surface area contributed by atoms with Crippen molar-refractivity contribution in [3.05, 3.63) is 90.4 Å². The molecule has 3 aromatic rings. The van der Waals surface area contributed by atoms with Crippen molar-refractivity contribution in [2.45, 2.75) is 6.61 Å². The lowest BCUT2D eigenvalue weighted by molar-refractivity contribution is -0.122. The van der Waals surface area contributed by atoms with Crippen molar-refractivity contribution in [2.75, 3.05) is 12.0 Å². The van der Waals surface area contributed by atoms with Crippen molar-refractivity contribution in [2.24, 2.45) is 0 Å². The lowest BCUT2D eigenvalue weighted by Crippen LogP contribution is -2.54. The maximum atomic E-state index is 13.1. The fraction of sp³-hybridized carbons (Fsp3) is 0.0800. The first-order chi connectivity index (χ1) is 16.8. The van der Waals surface area contributed by atoms with Gasteiger partial charge in [-0.3, -0.25) is 14.9 Å². The summed E-state index contributed by atoms with van der Waals surface area (Å²) in [6.45, 7) is 0.313. The van der Waals surface area contributed by atoms with Gasteiger partial charge in [0.25, 0.3) is 11.8 Å². The number of methoxy groups -OCH3 is 1. The first-order valence-corrected chi connectivity index (χ1v) is 12.4. The summed E-state index contributed by atoms with van der Waals surface area (Å²) in [7, 11) is 1.51. The molecular weight excluding hydrogens is 651 g/mol. The van der Waals surface area contributed by atoms with Crippen LogP contribution in [0.25, 0.3) is 6.08 Å². The number of carbonyl (C=O) groups excluding carboxylic acids is 3. The van der Waals surface area contributed by atoms with E-state index in [-0.39, 0.29) is 5.57 Å². The fourth-order valence-electron chi connectivity index (χ4n) is 3.38. The monoisotopic (exact) mass is 666 g/mol. The van der Waals surface area contributed by atoms with Gasteiger partial charge in [0.2, 0.25) is 0 Å². The number of halogens is 3. The molecule has 0 radical (unpaired) electrons. The van der Waals surface area contributed by atoms with Crippen LogP contribution in [-0.4, -0.2) is 25.0 Å². The number of barbiturate groups is 1. The quantitative estimate of drug-likeness (QED) is 0.199. The maximum Gasteiger partial charge on any atom is 0.335 e. The molecule has 0 bridgehead atoms. The predicted octanol–water partition coefficient (Wildman–Crippen LogP) is 5.96. The zero-order valence-corrected chi connectivity index (χ0v) is 22.7. The number of benzene rings is 3. The van der Waals surface area contributed by atoms with Crippen LogP contribution in [0.4, 0.5) is 10.5 Å². The number of ether oxygens (including phenoxy) is 2. The molecule has 0 aliphatic carbocycles. The van der Waals surface area contributed by atoms with E-state index in [0.717, 1.165) is 18.5 Å². The highest BCUT2D eigenvalue weighted by molar-refractivity contribution is 14.1. The Morgan fingerprint density at radius 1 is 1.09 bits per heavy atom. The van der Waals surface area contributed by atoms with Crippen molar-refractivity contribution in [3.63, 3.8) is 0 Å². The summed E-state index contributed by atoms with van der Waals surface area (Å²) in [5.41, 5.74) is 1.59. The zero-order chi connectivity index (χ0) is 25.1. The molecule has 1 aliphatic heterocycles. The molecule has 7 nitrogen and oxygen atoms in total. The molecule has 4 rings (SSSR count). The van der Waals surface area contributed by atoms with Crippen LogP contribution in [-0.2, 0) is 16.2 Å². The van der Waals surface area contributed by atoms with Gasteiger partial charge in [-0.05, 0) is 76.7 Å². The number of rotatable bonds is 6.